The van der Waals surface area contributed by atoms with Crippen LogP contribution in [-0.2, 0) is 19.1 Å². The highest BCUT2D eigenvalue weighted by atomic mass is 16.7. The summed E-state index contributed by atoms with van der Waals surface area (Å²) in [5.41, 5.74) is -0.318. The van der Waals surface area contributed by atoms with E-state index >= 15 is 0 Å². The molecule has 0 radical (unpaired) electrons. The first kappa shape index (κ1) is 23.4. The van der Waals surface area contributed by atoms with Crippen LogP contribution >= 0.6 is 0 Å². The van der Waals surface area contributed by atoms with Crippen LogP contribution in [0.3, 0.4) is 0 Å². The van der Waals surface area contributed by atoms with Crippen LogP contribution in [0.5, 0.6) is 5.75 Å². The van der Waals surface area contributed by atoms with Crippen molar-refractivity contribution in [3.8, 4) is 5.75 Å². The normalized spacial score (nSPS) is 32.7. The van der Waals surface area contributed by atoms with Crippen LogP contribution < -0.4 is 4.74 Å². The number of rotatable bonds is 6. The van der Waals surface area contributed by atoms with Gasteiger partial charge in [-0.05, 0) is 37.3 Å². The number of carbonyl (C=O) groups excluding carboxylic acids is 2. The van der Waals surface area contributed by atoms with Crippen LogP contribution in [0.2, 0.25) is 0 Å². The largest absolute Gasteiger partial charge is 0.425 e. The Kier molecular flexibility index (Phi) is 6.28. The predicted octanol–water partition coefficient (Wildman–Crippen LogP) is 5.66. The first-order valence-electron chi connectivity index (χ1n) is 12.3. The summed E-state index contributed by atoms with van der Waals surface area (Å²) in [6.07, 6.45) is 5.07. The number of Topliss-reactive ketones (excluding diaryl/α,β-unsaturated/α-hetero) is 1. The standard InChI is InChI=1S/C27H38O5/c1-6-8-13-20-21(11-7-2)27(18(3)28)22(15-26(20)30-16-25(4,5)17-31-26)19-12-9-10-14-23(19)32-24(27)29/h9-10,12,14,20-22H,6-8,11,13,15-17H2,1-5H3. The molecule has 3 aliphatic rings. The molecule has 0 N–H and O–H groups in total. The van der Waals surface area contributed by atoms with Crippen molar-refractivity contribution in [1.29, 1.82) is 0 Å². The van der Waals surface area contributed by atoms with Gasteiger partial charge in [-0.1, -0.05) is 65.2 Å². The van der Waals surface area contributed by atoms with E-state index in [1.807, 2.05) is 24.3 Å². The summed E-state index contributed by atoms with van der Waals surface area (Å²) in [6.45, 7) is 11.4. The van der Waals surface area contributed by atoms with Gasteiger partial charge in [-0.15, -0.1) is 0 Å². The van der Waals surface area contributed by atoms with Gasteiger partial charge in [0.1, 0.15) is 16.9 Å². The highest BCUT2D eigenvalue weighted by Crippen LogP contribution is 2.64. The second kappa shape index (κ2) is 8.57. The Hall–Kier alpha value is -1.72. The van der Waals surface area contributed by atoms with E-state index in [0.717, 1.165) is 37.7 Å². The molecule has 176 valence electrons. The number of esters is 1. The summed E-state index contributed by atoms with van der Waals surface area (Å²) in [5, 5.41) is 0. The van der Waals surface area contributed by atoms with E-state index in [1.165, 1.54) is 0 Å². The Morgan fingerprint density at radius 3 is 2.34 bits per heavy atom. The molecule has 1 aromatic carbocycles. The summed E-state index contributed by atoms with van der Waals surface area (Å²) < 4.78 is 19.2. The lowest BCUT2D eigenvalue weighted by atomic mass is 9.49. The minimum Gasteiger partial charge on any atom is -0.425 e. The van der Waals surface area contributed by atoms with Crippen LogP contribution in [0.4, 0.5) is 0 Å². The Morgan fingerprint density at radius 1 is 1.03 bits per heavy atom. The number of hydrogen-bond acceptors (Lipinski definition) is 5. The monoisotopic (exact) mass is 442 g/mol. The average Bonchev–Trinajstić information content (AvgIpc) is 2.75. The van der Waals surface area contributed by atoms with E-state index in [1.54, 1.807) is 6.92 Å². The van der Waals surface area contributed by atoms with E-state index in [0.29, 0.717) is 25.4 Å². The molecule has 5 nitrogen and oxygen atoms in total. The Morgan fingerprint density at radius 2 is 1.72 bits per heavy atom. The molecule has 0 aromatic heterocycles. The lowest BCUT2D eigenvalue weighted by Gasteiger charge is -2.60. The zero-order valence-corrected chi connectivity index (χ0v) is 20.2. The fraction of sp³-hybridized carbons (Fsp3) is 0.704. The molecule has 2 heterocycles. The molecule has 1 aromatic rings. The van der Waals surface area contributed by atoms with Crippen molar-refractivity contribution in [2.45, 2.75) is 84.8 Å². The van der Waals surface area contributed by atoms with Crippen LogP contribution in [0, 0.1) is 22.7 Å². The lowest BCUT2D eigenvalue weighted by molar-refractivity contribution is -0.351. The molecule has 1 aliphatic carbocycles. The highest BCUT2D eigenvalue weighted by molar-refractivity contribution is 6.06. The summed E-state index contributed by atoms with van der Waals surface area (Å²) in [5.74, 6) is -1.22. The second-order valence-corrected chi connectivity index (χ2v) is 10.8. The molecule has 0 amide bonds. The maximum atomic E-state index is 13.7. The Bertz CT molecular complexity index is 865. The van der Waals surface area contributed by atoms with Gasteiger partial charge in [0.15, 0.2) is 5.79 Å². The minimum atomic E-state index is -1.19. The van der Waals surface area contributed by atoms with Crippen molar-refractivity contribution in [3.05, 3.63) is 29.8 Å². The smallest absolute Gasteiger partial charge is 0.325 e. The maximum Gasteiger partial charge on any atom is 0.325 e. The molecule has 32 heavy (non-hydrogen) atoms. The maximum absolute atomic E-state index is 13.7. The quantitative estimate of drug-likeness (QED) is 0.323. The van der Waals surface area contributed by atoms with Gasteiger partial charge < -0.3 is 14.2 Å². The van der Waals surface area contributed by atoms with E-state index in [9.17, 15) is 9.59 Å². The molecule has 2 fully saturated rings. The van der Waals surface area contributed by atoms with Crippen LogP contribution in [0.1, 0.15) is 84.6 Å². The number of ether oxygens (including phenoxy) is 3. The number of para-hydroxylation sites is 1. The van der Waals surface area contributed by atoms with Gasteiger partial charge in [-0.2, -0.15) is 0 Å². The van der Waals surface area contributed by atoms with E-state index in [-0.39, 0.29) is 34.9 Å². The fourth-order valence-corrected chi connectivity index (χ4v) is 6.46. The number of fused-ring (bicyclic) bond motifs is 3. The van der Waals surface area contributed by atoms with Gasteiger partial charge in [0.05, 0.1) is 13.2 Å². The van der Waals surface area contributed by atoms with E-state index in [4.69, 9.17) is 14.2 Å². The molecule has 2 aliphatic heterocycles. The summed E-state index contributed by atoms with van der Waals surface area (Å²) >= 11 is 0. The van der Waals surface area contributed by atoms with Crippen molar-refractivity contribution < 1.29 is 23.8 Å². The molecule has 1 saturated carbocycles. The molecular formula is C27H38O5. The zero-order valence-electron chi connectivity index (χ0n) is 20.2. The van der Waals surface area contributed by atoms with Gasteiger partial charge >= 0.3 is 5.97 Å². The third-order valence-corrected chi connectivity index (χ3v) is 7.97. The summed E-state index contributed by atoms with van der Waals surface area (Å²) in [4.78, 5) is 27.2. The Labute approximate surface area is 192 Å². The van der Waals surface area contributed by atoms with E-state index < -0.39 is 11.2 Å². The van der Waals surface area contributed by atoms with Gasteiger partial charge in [0.25, 0.3) is 0 Å². The van der Waals surface area contributed by atoms with Crippen molar-refractivity contribution >= 4 is 11.8 Å². The lowest BCUT2D eigenvalue weighted by Crippen LogP contribution is -2.67. The second-order valence-electron chi connectivity index (χ2n) is 10.8. The number of benzene rings is 1. The van der Waals surface area contributed by atoms with Gasteiger partial charge in [-0.3, -0.25) is 9.59 Å². The molecule has 1 saturated heterocycles. The van der Waals surface area contributed by atoms with Gasteiger partial charge in [-0.25, -0.2) is 0 Å². The molecule has 4 unspecified atom stereocenters. The zero-order chi connectivity index (χ0) is 23.1. The molecular weight excluding hydrogens is 404 g/mol. The molecule has 4 atom stereocenters. The Balaban J connectivity index is 1.90. The third kappa shape index (κ3) is 3.52. The van der Waals surface area contributed by atoms with Crippen molar-refractivity contribution in [2.75, 3.05) is 13.2 Å². The van der Waals surface area contributed by atoms with Gasteiger partial charge in [0, 0.05) is 23.7 Å². The van der Waals surface area contributed by atoms with Crippen LogP contribution in [0.25, 0.3) is 0 Å². The number of hydrogen-bond donors (Lipinski definition) is 0. The molecule has 1 spiro atoms. The first-order valence-corrected chi connectivity index (χ1v) is 12.3. The van der Waals surface area contributed by atoms with Crippen LogP contribution in [0.15, 0.2) is 24.3 Å². The van der Waals surface area contributed by atoms with Crippen LogP contribution in [-0.4, -0.2) is 30.8 Å². The fourth-order valence-electron chi connectivity index (χ4n) is 6.46. The third-order valence-electron chi connectivity index (χ3n) is 7.97. The first-order chi connectivity index (χ1) is 15.2. The topological polar surface area (TPSA) is 61.8 Å². The molecule has 4 rings (SSSR count). The predicted molar refractivity (Wildman–Crippen MR) is 122 cm³/mol. The van der Waals surface area contributed by atoms with Crippen molar-refractivity contribution in [2.24, 2.45) is 22.7 Å². The molecule has 5 heteroatoms. The summed E-state index contributed by atoms with van der Waals surface area (Å²) in [6, 6.07) is 7.65. The van der Waals surface area contributed by atoms with E-state index in [2.05, 4.69) is 27.7 Å². The van der Waals surface area contributed by atoms with Crippen molar-refractivity contribution in [1.82, 2.24) is 0 Å². The summed E-state index contributed by atoms with van der Waals surface area (Å²) in [7, 11) is 0. The molecule has 0 bridgehead atoms. The number of carbonyl (C=O) groups is 2. The minimum absolute atomic E-state index is 0.0311. The number of unbranched alkanes of at least 4 members (excludes halogenated alkanes) is 1. The number of ketones is 1. The highest BCUT2D eigenvalue weighted by Gasteiger charge is 2.69. The SMILES string of the molecule is CCCCC1C(CCC)C2(C(C)=O)C(=O)Oc3ccccc3C2CC12OCC(C)(C)CO2. The van der Waals surface area contributed by atoms with Gasteiger partial charge in [0.2, 0.25) is 0 Å². The van der Waals surface area contributed by atoms with Crippen molar-refractivity contribution in [3.63, 3.8) is 0 Å². The average molecular weight is 443 g/mol.